The van der Waals surface area contributed by atoms with Gasteiger partial charge < -0.3 is 56.5 Å². The summed E-state index contributed by atoms with van der Waals surface area (Å²) in [6, 6.07) is 0. The molecule has 0 radical (unpaired) electrons. The van der Waals surface area contributed by atoms with Gasteiger partial charge in [-0.15, -0.1) is 0 Å². The molecule has 12 nitrogen and oxygen atoms in total. The van der Waals surface area contributed by atoms with Crippen LogP contribution in [0.25, 0.3) is 0 Å². The van der Waals surface area contributed by atoms with E-state index in [1.165, 1.54) is 0 Å². The van der Waals surface area contributed by atoms with Crippen LogP contribution in [0, 0.1) is 0 Å². The van der Waals surface area contributed by atoms with Crippen LogP contribution in [0.5, 0.6) is 0 Å². The first kappa shape index (κ1) is 40.7. The monoisotopic (exact) mass is 620 g/mol. The minimum absolute atomic E-state index is 0.115. The van der Waals surface area contributed by atoms with Crippen LogP contribution in [0.3, 0.4) is 0 Å². The van der Waals surface area contributed by atoms with Gasteiger partial charge in [0.2, 0.25) is 0 Å². The minimum Gasteiger partial charge on any atom is -0.415 e. The lowest BCUT2D eigenvalue weighted by Gasteiger charge is -2.16. The number of halogens is 1. The van der Waals surface area contributed by atoms with Gasteiger partial charge in [-0.25, -0.2) is 4.39 Å². The highest BCUT2D eigenvalue weighted by atomic mass is 28.4. The van der Waals surface area contributed by atoms with Crippen LogP contribution in [0.1, 0.15) is 0 Å². The van der Waals surface area contributed by atoms with Crippen LogP contribution < -0.4 is 0 Å². The first-order valence-electron chi connectivity index (χ1n) is 14.6. The van der Waals surface area contributed by atoms with Gasteiger partial charge in [0.15, 0.2) is 8.32 Å². The van der Waals surface area contributed by atoms with Crippen LogP contribution >= 0.6 is 0 Å². The average Bonchev–Trinajstić information content (AvgIpc) is 2.94. The lowest BCUT2D eigenvalue weighted by atomic mass is 10.6. The zero-order chi connectivity index (χ0) is 30.0. The quantitative estimate of drug-likeness (QED) is 0.0755. The van der Waals surface area contributed by atoms with Crippen molar-refractivity contribution < 1.29 is 60.9 Å². The van der Waals surface area contributed by atoms with Crippen LogP contribution in [-0.2, 0) is 56.5 Å². The maximum Gasteiger partial charge on any atom is 0.183 e. The Hall–Kier alpha value is -0.333. The summed E-state index contributed by atoms with van der Waals surface area (Å²) >= 11 is 0. The van der Waals surface area contributed by atoms with Crippen LogP contribution in [-0.4, -0.2) is 167 Å². The number of alkyl halides is 1. The second-order valence-electron chi connectivity index (χ2n) is 9.39. The Morgan fingerprint density at radius 1 is 0.293 bits per heavy atom. The van der Waals surface area contributed by atoms with Crippen LogP contribution in [0.2, 0.25) is 19.6 Å². The highest BCUT2D eigenvalue weighted by Gasteiger charge is 2.13. The topological polar surface area (TPSA) is 111 Å². The van der Waals surface area contributed by atoms with Gasteiger partial charge in [-0.05, 0) is 19.6 Å². The molecular weight excluding hydrogens is 563 g/mol. The van der Waals surface area contributed by atoms with E-state index in [1.807, 2.05) is 0 Å². The normalized spacial score (nSPS) is 12.0. The van der Waals surface area contributed by atoms with Gasteiger partial charge in [-0.3, -0.25) is 0 Å². The molecule has 0 unspecified atom stereocenters. The van der Waals surface area contributed by atoms with Gasteiger partial charge in [0, 0.05) is 0 Å². The Bertz CT molecular complexity index is 492. The van der Waals surface area contributed by atoms with E-state index in [-0.39, 0.29) is 6.61 Å². The standard InChI is InChI=1S/C27H57FO12Si/c1-41(2,3)40-27-26-39-25-24-38-23-22-37-21-20-36-19-18-35-17-16-34-15-14-33-13-12-32-11-10-31-9-8-30-7-6-29-5-4-28/h4-27H2,1-3H3. The highest BCUT2D eigenvalue weighted by molar-refractivity contribution is 6.69. The molecule has 0 aromatic heterocycles. The van der Waals surface area contributed by atoms with E-state index >= 15 is 0 Å². The van der Waals surface area contributed by atoms with Crippen molar-refractivity contribution in [1.82, 2.24) is 0 Å². The first-order valence-corrected chi connectivity index (χ1v) is 18.0. The molecule has 41 heavy (non-hydrogen) atoms. The Morgan fingerprint density at radius 2 is 0.463 bits per heavy atom. The largest absolute Gasteiger partial charge is 0.415 e. The van der Waals surface area contributed by atoms with E-state index in [0.717, 1.165) is 0 Å². The summed E-state index contributed by atoms with van der Waals surface area (Å²) in [6.07, 6.45) is 0. The molecule has 0 aliphatic carbocycles. The molecule has 0 fully saturated rings. The third kappa shape index (κ3) is 39.7. The fourth-order valence-electron chi connectivity index (χ4n) is 2.76. The molecule has 0 saturated heterocycles. The summed E-state index contributed by atoms with van der Waals surface area (Å²) in [5.41, 5.74) is 0. The number of hydrogen-bond donors (Lipinski definition) is 0. The highest BCUT2D eigenvalue weighted by Crippen LogP contribution is 2.01. The zero-order valence-corrected chi connectivity index (χ0v) is 26.7. The minimum atomic E-state index is -1.45. The van der Waals surface area contributed by atoms with E-state index in [0.29, 0.717) is 145 Å². The maximum absolute atomic E-state index is 11.8. The molecule has 14 heteroatoms. The van der Waals surface area contributed by atoms with Gasteiger partial charge in [0.25, 0.3) is 0 Å². The van der Waals surface area contributed by atoms with E-state index in [2.05, 4.69) is 19.6 Å². The molecule has 0 aromatic rings. The van der Waals surface area contributed by atoms with Crippen molar-refractivity contribution in [2.75, 3.05) is 159 Å². The molecule has 0 aliphatic heterocycles. The smallest absolute Gasteiger partial charge is 0.183 e. The Balaban J connectivity index is 3.04. The molecule has 0 saturated carbocycles. The van der Waals surface area contributed by atoms with E-state index in [9.17, 15) is 4.39 Å². The molecule has 248 valence electrons. The molecule has 0 rings (SSSR count). The molecule has 0 atom stereocenters. The molecule has 0 aliphatic rings. The summed E-state index contributed by atoms with van der Waals surface area (Å²) in [4.78, 5) is 0. The summed E-state index contributed by atoms with van der Waals surface area (Å²) in [5.74, 6) is 0. The fraction of sp³-hybridized carbons (Fsp3) is 1.00. The molecule has 0 heterocycles. The molecule has 0 bridgehead atoms. The summed E-state index contributed by atoms with van der Waals surface area (Å²) in [5, 5.41) is 0. The van der Waals surface area contributed by atoms with Crippen molar-refractivity contribution >= 4 is 8.32 Å². The lowest BCUT2D eigenvalue weighted by molar-refractivity contribution is -0.0278. The van der Waals surface area contributed by atoms with E-state index in [4.69, 9.17) is 56.5 Å². The van der Waals surface area contributed by atoms with Crippen LogP contribution in [0.15, 0.2) is 0 Å². The Kier molecular flexibility index (Phi) is 33.9. The second kappa shape index (κ2) is 34.2. The first-order chi connectivity index (χ1) is 20.1. The Morgan fingerprint density at radius 3 is 0.634 bits per heavy atom. The van der Waals surface area contributed by atoms with E-state index in [1.54, 1.807) is 0 Å². The van der Waals surface area contributed by atoms with Gasteiger partial charge in [0.05, 0.1) is 152 Å². The zero-order valence-electron chi connectivity index (χ0n) is 25.7. The fourth-order valence-corrected chi connectivity index (χ4v) is 3.46. The summed E-state index contributed by atoms with van der Waals surface area (Å²) < 4.78 is 76.8. The van der Waals surface area contributed by atoms with Crippen molar-refractivity contribution in [3.63, 3.8) is 0 Å². The van der Waals surface area contributed by atoms with Crippen LogP contribution in [0.4, 0.5) is 4.39 Å². The van der Waals surface area contributed by atoms with Crippen molar-refractivity contribution in [2.45, 2.75) is 19.6 Å². The Labute approximate surface area is 247 Å². The molecule has 0 amide bonds. The average molecular weight is 621 g/mol. The van der Waals surface area contributed by atoms with Gasteiger partial charge in [-0.1, -0.05) is 0 Å². The second-order valence-corrected chi connectivity index (χ2v) is 13.9. The summed E-state index contributed by atoms with van der Waals surface area (Å²) in [6.45, 7) is 17.4. The van der Waals surface area contributed by atoms with Crippen molar-refractivity contribution in [3.05, 3.63) is 0 Å². The number of ether oxygens (including phenoxy) is 11. The van der Waals surface area contributed by atoms with Gasteiger partial charge in [-0.2, -0.15) is 0 Å². The van der Waals surface area contributed by atoms with Crippen molar-refractivity contribution in [1.29, 1.82) is 0 Å². The third-order valence-corrected chi connectivity index (χ3v) is 5.77. The molecule has 0 N–H and O–H groups in total. The third-order valence-electron chi connectivity index (χ3n) is 4.70. The molecule has 0 spiro atoms. The number of hydrogen-bond acceptors (Lipinski definition) is 12. The lowest BCUT2D eigenvalue weighted by Crippen LogP contribution is -2.27. The van der Waals surface area contributed by atoms with Crippen molar-refractivity contribution in [3.8, 4) is 0 Å². The van der Waals surface area contributed by atoms with Gasteiger partial charge in [0.1, 0.15) is 6.67 Å². The molecule has 0 aromatic carbocycles. The SMILES string of the molecule is C[Si](C)(C)OCCOCCOCCOCCOCCOCCOCCOCCOCCOCCOCCOCCF. The molecular formula is C27H57FO12Si. The van der Waals surface area contributed by atoms with Gasteiger partial charge >= 0.3 is 0 Å². The summed E-state index contributed by atoms with van der Waals surface area (Å²) in [7, 11) is -1.45. The number of rotatable bonds is 36. The van der Waals surface area contributed by atoms with Crippen molar-refractivity contribution in [2.24, 2.45) is 0 Å². The predicted molar refractivity (Wildman–Crippen MR) is 154 cm³/mol. The van der Waals surface area contributed by atoms with E-state index < -0.39 is 15.0 Å². The predicted octanol–water partition coefficient (Wildman–Crippen LogP) is 1.99. The maximum atomic E-state index is 11.8.